The zero-order chi connectivity index (χ0) is 20.2. The minimum Gasteiger partial charge on any atom is -0.444 e. The molecule has 1 spiro atoms. The summed E-state index contributed by atoms with van der Waals surface area (Å²) in [5.74, 6) is -0.455. The van der Waals surface area contributed by atoms with E-state index in [1.807, 2.05) is 0 Å². The number of carbonyl (C=O) groups is 2. The number of anilines is 1. The van der Waals surface area contributed by atoms with Crippen molar-refractivity contribution in [2.24, 2.45) is 0 Å². The molecule has 0 atom stereocenters. The highest BCUT2D eigenvalue weighted by molar-refractivity contribution is 6.31. The van der Waals surface area contributed by atoms with Crippen LogP contribution < -0.4 is 4.90 Å². The van der Waals surface area contributed by atoms with Gasteiger partial charge in [0.15, 0.2) is 0 Å². The number of hydrogen-bond acceptors (Lipinski definition) is 3. The van der Waals surface area contributed by atoms with E-state index in [9.17, 15) is 9.59 Å². The molecule has 5 nitrogen and oxygen atoms in total. The van der Waals surface area contributed by atoms with E-state index < -0.39 is 30.0 Å². The van der Waals surface area contributed by atoms with E-state index in [1.165, 1.54) is 0 Å². The Labute approximate surface area is 151 Å². The molecule has 2 aliphatic rings. The van der Waals surface area contributed by atoms with Gasteiger partial charge >= 0.3 is 6.09 Å². The second-order valence-electron chi connectivity index (χ2n) is 7.35. The Balaban J connectivity index is 1.90. The van der Waals surface area contributed by atoms with Crippen LogP contribution in [0.25, 0.3) is 0 Å². The van der Waals surface area contributed by atoms with Crippen LogP contribution in [0.5, 0.6) is 0 Å². The minimum absolute atomic E-state index is 0.307. The predicted octanol–water partition coefficient (Wildman–Crippen LogP) is 3.59. The standard InChI is InChI=1S/C18H23ClN2O3/c1-17(2,3)24-16(23)21-9-7-18(8-10-21)13-11-12(19)5-6-14(13)20(4)15(18)22/h5-6,11H,7-10H2,1-4H3/i4D3. The summed E-state index contributed by atoms with van der Waals surface area (Å²) in [6.45, 7) is 3.42. The lowest BCUT2D eigenvalue weighted by atomic mass is 9.73. The molecule has 0 aliphatic carbocycles. The maximum absolute atomic E-state index is 13.2. The lowest BCUT2D eigenvalue weighted by Crippen LogP contribution is -2.50. The topological polar surface area (TPSA) is 49.9 Å². The predicted molar refractivity (Wildman–Crippen MR) is 93.6 cm³/mol. The van der Waals surface area contributed by atoms with Gasteiger partial charge in [-0.05, 0) is 57.4 Å². The van der Waals surface area contributed by atoms with Crippen molar-refractivity contribution in [1.82, 2.24) is 4.90 Å². The van der Waals surface area contributed by atoms with Gasteiger partial charge in [-0.25, -0.2) is 4.79 Å². The lowest BCUT2D eigenvalue weighted by molar-refractivity contribution is -0.124. The van der Waals surface area contributed by atoms with Crippen LogP contribution >= 0.6 is 11.6 Å². The quantitative estimate of drug-likeness (QED) is 0.716. The molecule has 1 aromatic rings. The van der Waals surface area contributed by atoms with E-state index in [-0.39, 0.29) is 0 Å². The van der Waals surface area contributed by atoms with Gasteiger partial charge in [0.05, 0.1) is 5.41 Å². The van der Waals surface area contributed by atoms with E-state index >= 15 is 0 Å². The molecule has 1 fully saturated rings. The molecule has 24 heavy (non-hydrogen) atoms. The number of ether oxygens (including phenoxy) is 1. The van der Waals surface area contributed by atoms with E-state index in [4.69, 9.17) is 20.5 Å². The average molecular weight is 354 g/mol. The highest BCUT2D eigenvalue weighted by atomic mass is 35.5. The van der Waals surface area contributed by atoms with E-state index in [0.29, 0.717) is 42.2 Å². The molecule has 0 unspecified atom stereocenters. The zero-order valence-corrected chi connectivity index (χ0v) is 14.8. The molecule has 0 aromatic heterocycles. The SMILES string of the molecule is [2H]C([2H])([2H])N1C(=O)C2(CCN(C(=O)OC(C)(C)C)CC2)c2cc(Cl)ccc21. The number of fused-ring (bicyclic) bond motifs is 2. The summed E-state index contributed by atoms with van der Waals surface area (Å²) in [5, 5.41) is 0.447. The second kappa shape index (κ2) is 5.66. The maximum Gasteiger partial charge on any atom is 0.410 e. The molecule has 0 radical (unpaired) electrons. The fraction of sp³-hybridized carbons (Fsp3) is 0.556. The number of carbonyl (C=O) groups excluding carboxylic acids is 2. The molecule has 6 heteroatoms. The largest absolute Gasteiger partial charge is 0.444 e. The molecule has 1 saturated heterocycles. The fourth-order valence-electron chi connectivity index (χ4n) is 3.41. The molecule has 0 N–H and O–H groups in total. The number of benzene rings is 1. The van der Waals surface area contributed by atoms with Gasteiger partial charge in [0.1, 0.15) is 5.60 Å². The van der Waals surface area contributed by atoms with Crippen molar-refractivity contribution in [3.8, 4) is 0 Å². The molecule has 2 heterocycles. The first kappa shape index (κ1) is 13.5. The monoisotopic (exact) mass is 353 g/mol. The summed E-state index contributed by atoms with van der Waals surface area (Å²) >= 11 is 6.13. The van der Waals surface area contributed by atoms with Crippen molar-refractivity contribution in [1.29, 1.82) is 0 Å². The first-order valence-corrected chi connectivity index (χ1v) is 8.36. The Morgan fingerprint density at radius 3 is 2.58 bits per heavy atom. The van der Waals surface area contributed by atoms with Crippen LogP contribution in [0.15, 0.2) is 18.2 Å². The summed E-state index contributed by atoms with van der Waals surface area (Å²) in [5.41, 5.74) is -0.587. The summed E-state index contributed by atoms with van der Waals surface area (Å²) in [4.78, 5) is 28.0. The number of amides is 2. The van der Waals surface area contributed by atoms with E-state index in [1.54, 1.807) is 43.9 Å². The molecule has 0 bridgehead atoms. The van der Waals surface area contributed by atoms with Gasteiger partial charge in [-0.2, -0.15) is 0 Å². The van der Waals surface area contributed by atoms with Crippen molar-refractivity contribution in [2.75, 3.05) is 25.0 Å². The first-order chi connectivity index (χ1) is 12.3. The fourth-order valence-corrected chi connectivity index (χ4v) is 3.58. The minimum atomic E-state index is -2.58. The molecular weight excluding hydrogens is 328 g/mol. The highest BCUT2D eigenvalue weighted by Crippen LogP contribution is 2.48. The third-order valence-corrected chi connectivity index (χ3v) is 4.83. The van der Waals surface area contributed by atoms with Gasteiger partial charge in [0.2, 0.25) is 5.91 Å². The van der Waals surface area contributed by atoms with Crippen LogP contribution in [0.1, 0.15) is 43.3 Å². The van der Waals surface area contributed by atoms with Gasteiger partial charge in [-0.3, -0.25) is 4.79 Å². The number of piperidine rings is 1. The van der Waals surface area contributed by atoms with Crippen LogP contribution in [0, 0.1) is 0 Å². The Morgan fingerprint density at radius 1 is 1.33 bits per heavy atom. The molecule has 1 aromatic carbocycles. The van der Waals surface area contributed by atoms with Gasteiger partial charge in [-0.15, -0.1) is 0 Å². The van der Waals surface area contributed by atoms with Crippen molar-refractivity contribution in [3.05, 3.63) is 28.8 Å². The van der Waals surface area contributed by atoms with Crippen LogP contribution in [-0.4, -0.2) is 42.6 Å². The van der Waals surface area contributed by atoms with E-state index in [0.717, 1.165) is 4.90 Å². The molecule has 2 amide bonds. The second-order valence-corrected chi connectivity index (χ2v) is 7.79. The van der Waals surface area contributed by atoms with Crippen molar-refractivity contribution < 1.29 is 18.4 Å². The average Bonchev–Trinajstić information content (AvgIpc) is 2.75. The van der Waals surface area contributed by atoms with Gasteiger partial charge in [0.25, 0.3) is 0 Å². The Kier molecular flexibility index (Phi) is 3.19. The van der Waals surface area contributed by atoms with Crippen LogP contribution in [0.4, 0.5) is 10.5 Å². The van der Waals surface area contributed by atoms with Crippen molar-refractivity contribution >= 4 is 29.3 Å². The number of rotatable bonds is 0. The van der Waals surface area contributed by atoms with Crippen LogP contribution in [0.3, 0.4) is 0 Å². The van der Waals surface area contributed by atoms with Crippen molar-refractivity contribution in [2.45, 2.75) is 44.6 Å². The Morgan fingerprint density at radius 2 is 2.00 bits per heavy atom. The van der Waals surface area contributed by atoms with Gasteiger partial charge < -0.3 is 14.5 Å². The summed E-state index contributed by atoms with van der Waals surface area (Å²) in [7, 11) is 0. The molecule has 3 rings (SSSR count). The number of nitrogens with zero attached hydrogens (tertiary/aromatic N) is 2. The third-order valence-electron chi connectivity index (χ3n) is 4.60. The molecular formula is C18H23ClN2O3. The summed E-state index contributed by atoms with van der Waals surface area (Å²) in [6.07, 6.45) is 0.220. The lowest BCUT2D eigenvalue weighted by Gasteiger charge is -2.38. The normalized spacial score (nSPS) is 22.0. The summed E-state index contributed by atoms with van der Waals surface area (Å²) < 4.78 is 28.7. The van der Waals surface area contributed by atoms with Gasteiger partial charge in [0, 0.05) is 34.9 Å². The summed E-state index contributed by atoms with van der Waals surface area (Å²) in [6, 6.07) is 4.84. The third kappa shape index (κ3) is 2.75. The van der Waals surface area contributed by atoms with Gasteiger partial charge in [-0.1, -0.05) is 11.6 Å². The van der Waals surface area contributed by atoms with Crippen LogP contribution in [-0.2, 0) is 14.9 Å². The number of hydrogen-bond donors (Lipinski definition) is 0. The molecule has 130 valence electrons. The molecule has 0 saturated carbocycles. The Hall–Kier alpha value is -1.75. The highest BCUT2D eigenvalue weighted by Gasteiger charge is 2.51. The number of likely N-dealkylation sites (tertiary alicyclic amines) is 1. The smallest absolute Gasteiger partial charge is 0.410 e. The first-order valence-electron chi connectivity index (χ1n) is 9.48. The Bertz CT molecular complexity index is 781. The van der Waals surface area contributed by atoms with Crippen molar-refractivity contribution in [3.63, 3.8) is 0 Å². The zero-order valence-electron chi connectivity index (χ0n) is 17.1. The number of halogens is 1. The maximum atomic E-state index is 13.2. The van der Waals surface area contributed by atoms with E-state index in [2.05, 4.69) is 0 Å². The van der Waals surface area contributed by atoms with Crippen LogP contribution in [0.2, 0.25) is 5.02 Å². The number of likely N-dealkylation sites (N-methyl/N-ethyl adjacent to an activating group) is 1. The molecule has 2 aliphatic heterocycles.